The van der Waals surface area contributed by atoms with Crippen LogP contribution in [0.1, 0.15) is 37.4 Å². The minimum absolute atomic E-state index is 0.0922. The first kappa shape index (κ1) is 20.2. The first-order valence-electron chi connectivity index (χ1n) is 9.96. The number of hydrogen-bond donors (Lipinski definition) is 2. The van der Waals surface area contributed by atoms with Gasteiger partial charge in [0.2, 0.25) is 0 Å². The maximum atomic E-state index is 12.6. The average Bonchev–Trinajstić information content (AvgIpc) is 2.77. The molecule has 0 unspecified atom stereocenters. The number of nitrogens with zero attached hydrogens (tertiary/aromatic N) is 2. The van der Waals surface area contributed by atoms with Crippen LogP contribution in [0.5, 0.6) is 0 Å². The zero-order valence-corrected chi connectivity index (χ0v) is 17.1. The Labute approximate surface area is 180 Å². The highest BCUT2D eigenvalue weighted by molar-refractivity contribution is 6.06. The van der Waals surface area contributed by atoms with Crippen LogP contribution in [0.2, 0.25) is 0 Å². The number of carbonyl (C=O) groups excluding carboxylic acids is 2. The number of aromatic nitrogens is 2. The monoisotopic (exact) mass is 410 g/mol. The van der Waals surface area contributed by atoms with Crippen LogP contribution < -0.4 is 11.1 Å². The third kappa shape index (κ3) is 4.59. The molecule has 0 radical (unpaired) electrons. The Hall–Kier alpha value is -4.06. The van der Waals surface area contributed by atoms with Crippen molar-refractivity contribution in [2.45, 2.75) is 19.9 Å². The standard InChI is InChI=1S/C25H22N4O2/c1-16-5-2-8-19(11-16)22(30)13-17-6-3-7-18(12-17)14-27-25-21-10-4-9-20(24(26)31)23(21)28-15-29-25/h2-12,15H,13-14H2,1H3,(H2,26,31)(H,27,28,29). The molecule has 0 spiro atoms. The smallest absolute Gasteiger partial charge is 0.250 e. The summed E-state index contributed by atoms with van der Waals surface area (Å²) in [5, 5.41) is 4.03. The van der Waals surface area contributed by atoms with E-state index in [1.54, 1.807) is 12.1 Å². The van der Waals surface area contributed by atoms with Gasteiger partial charge in [0.05, 0.1) is 11.1 Å². The van der Waals surface area contributed by atoms with Crippen molar-refractivity contribution < 1.29 is 9.59 Å². The molecule has 0 saturated heterocycles. The number of rotatable bonds is 7. The lowest BCUT2D eigenvalue weighted by atomic mass is 10.0. The zero-order valence-electron chi connectivity index (χ0n) is 17.1. The van der Waals surface area contributed by atoms with Crippen molar-refractivity contribution in [3.8, 4) is 0 Å². The number of nitrogens with two attached hydrogens (primary N) is 1. The number of fused-ring (bicyclic) bond motifs is 1. The molecule has 0 atom stereocenters. The largest absolute Gasteiger partial charge is 0.366 e. The van der Waals surface area contributed by atoms with Crippen LogP contribution in [-0.4, -0.2) is 21.7 Å². The Morgan fingerprint density at radius 3 is 2.52 bits per heavy atom. The van der Waals surface area contributed by atoms with E-state index >= 15 is 0 Å². The number of ketones is 1. The lowest BCUT2D eigenvalue weighted by Crippen LogP contribution is -2.12. The predicted octanol–water partition coefficient (Wildman–Crippen LogP) is 4.07. The summed E-state index contributed by atoms with van der Waals surface area (Å²) >= 11 is 0. The van der Waals surface area contributed by atoms with Crippen LogP contribution in [0, 0.1) is 6.92 Å². The van der Waals surface area contributed by atoms with Gasteiger partial charge in [-0.05, 0) is 36.2 Å². The minimum Gasteiger partial charge on any atom is -0.366 e. The van der Waals surface area contributed by atoms with Gasteiger partial charge < -0.3 is 11.1 Å². The average molecular weight is 410 g/mol. The summed E-state index contributed by atoms with van der Waals surface area (Å²) in [6.45, 7) is 2.49. The van der Waals surface area contributed by atoms with Gasteiger partial charge in [-0.1, -0.05) is 54.1 Å². The second-order valence-corrected chi connectivity index (χ2v) is 7.43. The van der Waals surface area contributed by atoms with E-state index in [1.165, 1.54) is 6.33 Å². The molecule has 4 rings (SSSR count). The molecule has 0 aliphatic rings. The number of carbonyl (C=O) groups is 2. The molecule has 0 aliphatic heterocycles. The van der Waals surface area contributed by atoms with Crippen LogP contribution in [0.4, 0.5) is 5.82 Å². The second-order valence-electron chi connectivity index (χ2n) is 7.43. The van der Waals surface area contributed by atoms with Crippen molar-refractivity contribution in [1.82, 2.24) is 9.97 Å². The van der Waals surface area contributed by atoms with Gasteiger partial charge in [-0.3, -0.25) is 9.59 Å². The highest BCUT2D eigenvalue weighted by Crippen LogP contribution is 2.22. The van der Waals surface area contributed by atoms with Crippen molar-refractivity contribution in [2.75, 3.05) is 5.32 Å². The molecule has 1 amide bonds. The van der Waals surface area contributed by atoms with Crippen LogP contribution in [0.15, 0.2) is 73.1 Å². The van der Waals surface area contributed by atoms with E-state index in [-0.39, 0.29) is 5.78 Å². The minimum atomic E-state index is -0.527. The highest BCUT2D eigenvalue weighted by atomic mass is 16.1. The summed E-state index contributed by atoms with van der Waals surface area (Å²) in [6, 6.07) is 20.8. The third-order valence-electron chi connectivity index (χ3n) is 5.09. The SMILES string of the molecule is Cc1cccc(C(=O)Cc2cccc(CNc3ncnc4c(C(N)=O)cccc34)c2)c1. The first-order valence-corrected chi connectivity index (χ1v) is 9.96. The zero-order chi connectivity index (χ0) is 21.8. The summed E-state index contributed by atoms with van der Waals surface area (Å²) in [4.78, 5) is 32.8. The van der Waals surface area contributed by atoms with Crippen molar-refractivity contribution in [1.29, 1.82) is 0 Å². The molecule has 0 fully saturated rings. The first-order chi connectivity index (χ1) is 15.0. The Bertz CT molecular complexity index is 1280. The summed E-state index contributed by atoms with van der Waals surface area (Å²) in [7, 11) is 0. The molecule has 3 N–H and O–H groups in total. The number of Topliss-reactive ketones (excluding diaryl/α,β-unsaturated/α-hetero) is 1. The number of benzene rings is 3. The molecular formula is C25H22N4O2. The maximum Gasteiger partial charge on any atom is 0.250 e. The highest BCUT2D eigenvalue weighted by Gasteiger charge is 2.11. The van der Waals surface area contributed by atoms with E-state index in [0.717, 1.165) is 27.6 Å². The van der Waals surface area contributed by atoms with E-state index in [0.29, 0.717) is 29.9 Å². The predicted molar refractivity (Wildman–Crippen MR) is 121 cm³/mol. The van der Waals surface area contributed by atoms with Gasteiger partial charge in [0, 0.05) is 23.9 Å². The van der Waals surface area contributed by atoms with Crippen LogP contribution in [0.25, 0.3) is 10.9 Å². The maximum absolute atomic E-state index is 12.6. The fourth-order valence-corrected chi connectivity index (χ4v) is 3.57. The summed E-state index contributed by atoms with van der Waals surface area (Å²) in [5.41, 5.74) is 10.1. The molecule has 1 heterocycles. The normalized spacial score (nSPS) is 10.7. The molecular weight excluding hydrogens is 388 g/mol. The number of amides is 1. The van der Waals surface area contributed by atoms with Gasteiger partial charge in [0.15, 0.2) is 5.78 Å². The van der Waals surface area contributed by atoms with Gasteiger partial charge in [-0.25, -0.2) is 9.97 Å². The van der Waals surface area contributed by atoms with Crippen LogP contribution in [-0.2, 0) is 13.0 Å². The number of nitrogens with one attached hydrogen (secondary N) is 1. The third-order valence-corrected chi connectivity index (χ3v) is 5.09. The van der Waals surface area contributed by atoms with E-state index < -0.39 is 5.91 Å². The number of para-hydroxylation sites is 1. The summed E-state index contributed by atoms with van der Waals surface area (Å²) < 4.78 is 0. The Balaban J connectivity index is 1.51. The second kappa shape index (κ2) is 8.75. The number of hydrogen-bond acceptors (Lipinski definition) is 5. The molecule has 6 heteroatoms. The van der Waals surface area contributed by atoms with Gasteiger partial charge in [-0.2, -0.15) is 0 Å². The van der Waals surface area contributed by atoms with Gasteiger partial charge in [0.25, 0.3) is 5.91 Å². The summed E-state index contributed by atoms with van der Waals surface area (Å²) in [6.07, 6.45) is 1.75. The van der Waals surface area contributed by atoms with Crippen LogP contribution in [0.3, 0.4) is 0 Å². The van der Waals surface area contributed by atoms with Crippen molar-refractivity contribution in [3.05, 3.63) is 101 Å². The summed E-state index contributed by atoms with van der Waals surface area (Å²) in [5.74, 6) is 0.185. The number of aryl methyl sites for hydroxylation is 1. The molecule has 31 heavy (non-hydrogen) atoms. The number of primary amides is 1. The lowest BCUT2D eigenvalue weighted by molar-refractivity contribution is 0.0988. The van der Waals surface area contributed by atoms with Crippen LogP contribution >= 0.6 is 0 Å². The number of anilines is 1. The topological polar surface area (TPSA) is 98.0 Å². The van der Waals surface area contributed by atoms with Crippen molar-refractivity contribution >= 4 is 28.4 Å². The molecule has 4 aromatic rings. The lowest BCUT2D eigenvalue weighted by Gasteiger charge is -2.11. The Morgan fingerprint density at radius 1 is 0.935 bits per heavy atom. The molecule has 0 aliphatic carbocycles. The van der Waals surface area contributed by atoms with Gasteiger partial charge >= 0.3 is 0 Å². The molecule has 0 saturated carbocycles. The van der Waals surface area contributed by atoms with Crippen molar-refractivity contribution in [3.63, 3.8) is 0 Å². The van der Waals surface area contributed by atoms with E-state index in [1.807, 2.05) is 61.5 Å². The Morgan fingerprint density at radius 2 is 1.71 bits per heavy atom. The molecule has 3 aromatic carbocycles. The fourth-order valence-electron chi connectivity index (χ4n) is 3.57. The molecule has 0 bridgehead atoms. The molecule has 1 aromatic heterocycles. The molecule has 154 valence electrons. The van der Waals surface area contributed by atoms with Gasteiger partial charge in [0.1, 0.15) is 12.1 Å². The van der Waals surface area contributed by atoms with Gasteiger partial charge in [-0.15, -0.1) is 0 Å². The fraction of sp³-hybridized carbons (Fsp3) is 0.120. The van der Waals surface area contributed by atoms with Crippen molar-refractivity contribution in [2.24, 2.45) is 5.73 Å². The van der Waals surface area contributed by atoms with E-state index in [4.69, 9.17) is 5.73 Å². The Kier molecular flexibility index (Phi) is 5.71. The quantitative estimate of drug-likeness (QED) is 0.448. The molecule has 6 nitrogen and oxygen atoms in total. The van der Waals surface area contributed by atoms with E-state index in [9.17, 15) is 9.59 Å². The van der Waals surface area contributed by atoms with E-state index in [2.05, 4.69) is 15.3 Å².